The standard InChI is InChI=1S/C6H4O2.Li/c1-2-3-4-5-6(7)8;/h1H3,(H,7,8);/q;+1/p-1. The van der Waals surface area contributed by atoms with Gasteiger partial charge in [0.1, 0.15) is 5.97 Å². The first-order valence-electron chi connectivity index (χ1n) is 1.91. The van der Waals surface area contributed by atoms with Crippen molar-refractivity contribution in [1.29, 1.82) is 0 Å². The van der Waals surface area contributed by atoms with Gasteiger partial charge in [0.15, 0.2) is 0 Å². The molecule has 0 radical (unpaired) electrons. The Morgan fingerprint density at radius 3 is 2.33 bits per heavy atom. The second-order valence-corrected chi connectivity index (χ2v) is 0.912. The predicted octanol–water partition coefficient (Wildman–Crippen LogP) is -4.23. The summed E-state index contributed by atoms with van der Waals surface area (Å²) in [5.74, 6) is 7.05. The molecule has 0 aromatic rings. The Hall–Kier alpha value is -0.813. The summed E-state index contributed by atoms with van der Waals surface area (Å²) < 4.78 is 0. The zero-order valence-electron chi connectivity index (χ0n) is 5.32. The number of rotatable bonds is 0. The van der Waals surface area contributed by atoms with Crippen LogP contribution in [0.2, 0.25) is 0 Å². The van der Waals surface area contributed by atoms with E-state index in [-0.39, 0.29) is 18.9 Å². The Labute approximate surface area is 65.8 Å². The molecule has 0 heterocycles. The molecule has 0 rings (SSSR count). The van der Waals surface area contributed by atoms with Crippen LogP contribution < -0.4 is 24.0 Å². The van der Waals surface area contributed by atoms with Gasteiger partial charge in [-0.2, -0.15) is 0 Å². The number of carboxylic acids is 1. The molecule has 0 fully saturated rings. The summed E-state index contributed by atoms with van der Waals surface area (Å²) in [4.78, 5) is 9.52. The summed E-state index contributed by atoms with van der Waals surface area (Å²) in [5.41, 5.74) is 0. The first-order valence-corrected chi connectivity index (χ1v) is 1.91. The maximum absolute atomic E-state index is 9.52. The molecule has 3 heteroatoms. The van der Waals surface area contributed by atoms with E-state index >= 15 is 0 Å². The van der Waals surface area contributed by atoms with Gasteiger partial charge in [-0.05, 0) is 24.7 Å². The SMILES string of the molecule is CC#CC#CC(=O)[O-].[Li+]. The van der Waals surface area contributed by atoms with E-state index in [0.29, 0.717) is 0 Å². The zero-order valence-corrected chi connectivity index (χ0v) is 5.32. The van der Waals surface area contributed by atoms with E-state index in [0.717, 1.165) is 0 Å². The molecular formula is C6H3LiO2. The minimum absolute atomic E-state index is 0. The minimum Gasteiger partial charge on any atom is -0.537 e. The van der Waals surface area contributed by atoms with Crippen molar-refractivity contribution in [3.8, 4) is 23.7 Å². The van der Waals surface area contributed by atoms with E-state index in [4.69, 9.17) is 0 Å². The van der Waals surface area contributed by atoms with Gasteiger partial charge in [-0.1, -0.05) is 5.92 Å². The Bertz CT molecular complexity index is 199. The van der Waals surface area contributed by atoms with Crippen LogP contribution in [0.5, 0.6) is 0 Å². The Balaban J connectivity index is 0. The summed E-state index contributed by atoms with van der Waals surface area (Å²) in [5, 5.41) is 9.52. The summed E-state index contributed by atoms with van der Waals surface area (Å²) >= 11 is 0. The molecule has 2 nitrogen and oxygen atoms in total. The topological polar surface area (TPSA) is 40.1 Å². The molecule has 0 spiro atoms. The van der Waals surface area contributed by atoms with Crippen LogP contribution in [0.15, 0.2) is 0 Å². The molecule has 0 N–H and O–H groups in total. The number of carbonyl (C=O) groups is 1. The van der Waals surface area contributed by atoms with E-state index in [2.05, 4.69) is 17.8 Å². The van der Waals surface area contributed by atoms with Gasteiger partial charge in [-0.25, -0.2) is 0 Å². The number of carbonyl (C=O) groups excluding carboxylic acids is 1. The van der Waals surface area contributed by atoms with E-state index in [1.807, 2.05) is 0 Å². The van der Waals surface area contributed by atoms with Gasteiger partial charge < -0.3 is 9.90 Å². The maximum atomic E-state index is 9.52. The normalized spacial score (nSPS) is 4.56. The summed E-state index contributed by atoms with van der Waals surface area (Å²) in [6, 6.07) is 0. The van der Waals surface area contributed by atoms with E-state index < -0.39 is 5.97 Å². The molecule has 0 saturated heterocycles. The first-order chi connectivity index (χ1) is 3.77. The monoisotopic (exact) mass is 114 g/mol. The average molecular weight is 114 g/mol. The molecular weight excluding hydrogens is 111 g/mol. The molecule has 40 valence electrons. The van der Waals surface area contributed by atoms with E-state index in [1.165, 1.54) is 0 Å². The molecule has 0 aliphatic heterocycles. The third-order valence-electron chi connectivity index (χ3n) is 0.352. The van der Waals surface area contributed by atoms with Gasteiger partial charge in [0.2, 0.25) is 0 Å². The molecule has 0 aliphatic carbocycles. The number of hydrogen-bond donors (Lipinski definition) is 0. The van der Waals surface area contributed by atoms with Gasteiger partial charge in [0.05, 0.1) is 0 Å². The van der Waals surface area contributed by atoms with Crippen LogP contribution in [0, 0.1) is 23.7 Å². The van der Waals surface area contributed by atoms with Gasteiger partial charge >= 0.3 is 18.9 Å². The van der Waals surface area contributed by atoms with Gasteiger partial charge in [-0.15, -0.1) is 0 Å². The summed E-state index contributed by atoms with van der Waals surface area (Å²) in [7, 11) is 0. The smallest absolute Gasteiger partial charge is 0.537 e. The quantitative estimate of drug-likeness (QED) is 0.236. The van der Waals surface area contributed by atoms with Crippen molar-refractivity contribution in [3.05, 3.63) is 0 Å². The molecule has 0 unspecified atom stereocenters. The van der Waals surface area contributed by atoms with Crippen LogP contribution in [-0.4, -0.2) is 5.97 Å². The van der Waals surface area contributed by atoms with Crippen molar-refractivity contribution in [1.82, 2.24) is 0 Å². The van der Waals surface area contributed by atoms with Crippen LogP contribution in [-0.2, 0) is 4.79 Å². The van der Waals surface area contributed by atoms with Gasteiger partial charge in [0, 0.05) is 0 Å². The molecule has 0 amide bonds. The molecule has 0 saturated carbocycles. The molecule has 0 aromatic carbocycles. The number of hydrogen-bond acceptors (Lipinski definition) is 2. The fourth-order valence-electron chi connectivity index (χ4n) is 0.145. The van der Waals surface area contributed by atoms with Crippen LogP contribution >= 0.6 is 0 Å². The summed E-state index contributed by atoms with van der Waals surface area (Å²) in [6.07, 6.45) is 0. The van der Waals surface area contributed by atoms with Crippen molar-refractivity contribution in [2.24, 2.45) is 0 Å². The second kappa shape index (κ2) is 7.19. The number of aliphatic carboxylic acids is 1. The van der Waals surface area contributed by atoms with Crippen molar-refractivity contribution in [2.75, 3.05) is 0 Å². The molecule has 0 bridgehead atoms. The van der Waals surface area contributed by atoms with Gasteiger partial charge in [0.25, 0.3) is 0 Å². The van der Waals surface area contributed by atoms with Crippen LogP contribution in [0.25, 0.3) is 0 Å². The second-order valence-electron chi connectivity index (χ2n) is 0.912. The van der Waals surface area contributed by atoms with Crippen molar-refractivity contribution < 1.29 is 28.8 Å². The summed E-state index contributed by atoms with van der Waals surface area (Å²) in [6.45, 7) is 1.57. The Kier molecular flexibility index (Phi) is 8.82. The van der Waals surface area contributed by atoms with E-state index in [9.17, 15) is 9.90 Å². The Morgan fingerprint density at radius 1 is 1.44 bits per heavy atom. The molecule has 9 heavy (non-hydrogen) atoms. The van der Waals surface area contributed by atoms with Crippen molar-refractivity contribution in [2.45, 2.75) is 6.92 Å². The van der Waals surface area contributed by atoms with Crippen LogP contribution in [0.3, 0.4) is 0 Å². The minimum atomic E-state index is -1.40. The molecule has 0 atom stereocenters. The predicted molar refractivity (Wildman–Crippen MR) is 26.2 cm³/mol. The fourth-order valence-corrected chi connectivity index (χ4v) is 0.145. The largest absolute Gasteiger partial charge is 1.00 e. The van der Waals surface area contributed by atoms with Crippen LogP contribution in [0.4, 0.5) is 0 Å². The first kappa shape index (κ1) is 11.0. The maximum Gasteiger partial charge on any atom is 1.00 e. The zero-order chi connectivity index (χ0) is 6.41. The fraction of sp³-hybridized carbons (Fsp3) is 0.167. The average Bonchev–Trinajstić information content (AvgIpc) is 1.66. The third kappa shape index (κ3) is 11.0. The molecule has 0 aromatic heterocycles. The van der Waals surface area contributed by atoms with E-state index in [1.54, 1.807) is 12.8 Å². The van der Waals surface area contributed by atoms with Crippen molar-refractivity contribution in [3.63, 3.8) is 0 Å². The van der Waals surface area contributed by atoms with Gasteiger partial charge in [-0.3, -0.25) is 0 Å². The number of carboxylic acid groups (broad SMARTS) is 1. The third-order valence-corrected chi connectivity index (χ3v) is 0.352. The Morgan fingerprint density at radius 2 is 2.00 bits per heavy atom. The molecule has 0 aliphatic rings. The van der Waals surface area contributed by atoms with Crippen LogP contribution in [0.1, 0.15) is 6.92 Å². The van der Waals surface area contributed by atoms with Crippen molar-refractivity contribution >= 4 is 5.97 Å².